The molecule has 6 heteroatoms. The molecule has 2 heterocycles. The first kappa shape index (κ1) is 18.3. The monoisotopic (exact) mass is 377 g/mol. The van der Waals surface area contributed by atoms with Crippen LogP contribution in [-0.4, -0.2) is 42.1 Å². The van der Waals surface area contributed by atoms with Crippen LogP contribution >= 0.6 is 0 Å². The molecule has 0 aliphatic carbocycles. The number of nitrogens with zero attached hydrogens (tertiary/aromatic N) is 2. The van der Waals surface area contributed by atoms with E-state index in [-0.39, 0.29) is 12.0 Å². The van der Waals surface area contributed by atoms with E-state index < -0.39 is 0 Å². The van der Waals surface area contributed by atoms with Crippen LogP contribution in [0, 0.1) is 0 Å². The first-order valence-corrected chi connectivity index (χ1v) is 9.44. The Morgan fingerprint density at radius 1 is 1.21 bits per heavy atom. The van der Waals surface area contributed by atoms with E-state index in [1.165, 1.54) is 0 Å². The van der Waals surface area contributed by atoms with Crippen LogP contribution in [0.25, 0.3) is 16.9 Å². The first-order chi connectivity index (χ1) is 13.7. The summed E-state index contributed by atoms with van der Waals surface area (Å²) < 4.78 is 12.6. The van der Waals surface area contributed by atoms with Gasteiger partial charge in [-0.3, -0.25) is 4.79 Å². The molecule has 3 aromatic rings. The van der Waals surface area contributed by atoms with E-state index in [0.29, 0.717) is 12.2 Å². The molecule has 6 nitrogen and oxygen atoms in total. The lowest BCUT2D eigenvalue weighted by atomic mass is 10.1. The average Bonchev–Trinajstić information content (AvgIpc) is 3.43. The number of rotatable bonds is 6. The SMILES string of the molecule is COc1ccc(-n2nc(C(=O)NCC3CCCO3)cc2-c2ccccc2)cc1. The molecular formula is C22H23N3O3. The summed E-state index contributed by atoms with van der Waals surface area (Å²) in [7, 11) is 1.63. The van der Waals surface area contributed by atoms with Crippen molar-refractivity contribution in [1.82, 2.24) is 15.1 Å². The van der Waals surface area contributed by atoms with Crippen molar-refractivity contribution in [3.8, 4) is 22.7 Å². The molecular weight excluding hydrogens is 354 g/mol. The van der Waals surface area contributed by atoms with E-state index in [4.69, 9.17) is 9.47 Å². The van der Waals surface area contributed by atoms with Gasteiger partial charge in [-0.05, 0) is 43.2 Å². The molecule has 0 radical (unpaired) electrons. The van der Waals surface area contributed by atoms with Crippen LogP contribution in [0.1, 0.15) is 23.3 Å². The van der Waals surface area contributed by atoms with Gasteiger partial charge in [-0.25, -0.2) is 4.68 Å². The normalized spacial score (nSPS) is 16.1. The van der Waals surface area contributed by atoms with Crippen molar-refractivity contribution in [2.75, 3.05) is 20.3 Å². The Hall–Kier alpha value is -3.12. The van der Waals surface area contributed by atoms with Gasteiger partial charge < -0.3 is 14.8 Å². The number of aromatic nitrogens is 2. The van der Waals surface area contributed by atoms with Gasteiger partial charge in [0.15, 0.2) is 5.69 Å². The van der Waals surface area contributed by atoms with Crippen molar-refractivity contribution >= 4 is 5.91 Å². The van der Waals surface area contributed by atoms with Gasteiger partial charge in [0.2, 0.25) is 0 Å². The van der Waals surface area contributed by atoms with Crippen LogP contribution in [0.5, 0.6) is 5.75 Å². The Balaban J connectivity index is 1.64. The molecule has 0 bridgehead atoms. The van der Waals surface area contributed by atoms with Crippen LogP contribution in [0.15, 0.2) is 60.7 Å². The number of hydrogen-bond acceptors (Lipinski definition) is 4. The average molecular weight is 377 g/mol. The second kappa shape index (κ2) is 8.27. The molecule has 28 heavy (non-hydrogen) atoms. The summed E-state index contributed by atoms with van der Waals surface area (Å²) in [6.07, 6.45) is 2.13. The Kier molecular flexibility index (Phi) is 5.39. The summed E-state index contributed by atoms with van der Waals surface area (Å²) >= 11 is 0. The molecule has 144 valence electrons. The van der Waals surface area contributed by atoms with Gasteiger partial charge in [0.05, 0.1) is 24.6 Å². The number of ether oxygens (including phenoxy) is 2. The summed E-state index contributed by atoms with van der Waals surface area (Å²) in [5.41, 5.74) is 3.09. The Morgan fingerprint density at radius 3 is 2.68 bits per heavy atom. The zero-order valence-electron chi connectivity index (χ0n) is 15.8. The fraction of sp³-hybridized carbons (Fsp3) is 0.273. The number of methoxy groups -OCH3 is 1. The van der Waals surface area contributed by atoms with Crippen molar-refractivity contribution in [1.29, 1.82) is 0 Å². The molecule has 1 amide bonds. The number of benzene rings is 2. The fourth-order valence-electron chi connectivity index (χ4n) is 3.33. The summed E-state index contributed by atoms with van der Waals surface area (Å²) in [6.45, 7) is 1.28. The van der Waals surface area contributed by atoms with E-state index in [1.807, 2.05) is 60.7 Å². The molecule has 1 aromatic heterocycles. The largest absolute Gasteiger partial charge is 0.497 e. The Bertz CT molecular complexity index is 929. The van der Waals surface area contributed by atoms with E-state index in [1.54, 1.807) is 11.8 Å². The molecule has 1 fully saturated rings. The lowest BCUT2D eigenvalue weighted by molar-refractivity contribution is 0.0853. The molecule has 4 rings (SSSR count). The van der Waals surface area contributed by atoms with Gasteiger partial charge in [0, 0.05) is 18.7 Å². The lowest BCUT2D eigenvalue weighted by Crippen LogP contribution is -2.32. The maximum atomic E-state index is 12.7. The standard InChI is InChI=1S/C22H23N3O3/c1-27-18-11-9-17(10-12-18)25-21(16-6-3-2-4-7-16)14-20(24-25)22(26)23-15-19-8-5-13-28-19/h2-4,6-7,9-12,14,19H,5,8,13,15H2,1H3,(H,23,26). The fourth-order valence-corrected chi connectivity index (χ4v) is 3.33. The molecule has 1 aliphatic heterocycles. The maximum Gasteiger partial charge on any atom is 0.271 e. The number of hydrogen-bond donors (Lipinski definition) is 1. The van der Waals surface area contributed by atoms with E-state index >= 15 is 0 Å². The topological polar surface area (TPSA) is 65.4 Å². The zero-order chi connectivity index (χ0) is 19.3. The van der Waals surface area contributed by atoms with Crippen molar-refractivity contribution in [3.05, 3.63) is 66.4 Å². The summed E-state index contributed by atoms with van der Waals surface area (Å²) in [5.74, 6) is 0.576. The highest BCUT2D eigenvalue weighted by Crippen LogP contribution is 2.25. The van der Waals surface area contributed by atoms with Crippen LogP contribution in [-0.2, 0) is 4.74 Å². The zero-order valence-corrected chi connectivity index (χ0v) is 15.8. The molecule has 1 N–H and O–H groups in total. The Labute approximate surface area is 164 Å². The maximum absolute atomic E-state index is 12.7. The molecule has 1 unspecified atom stereocenters. The van der Waals surface area contributed by atoms with Crippen molar-refractivity contribution in [3.63, 3.8) is 0 Å². The Morgan fingerprint density at radius 2 is 2.00 bits per heavy atom. The van der Waals surface area contributed by atoms with Crippen LogP contribution < -0.4 is 10.1 Å². The van der Waals surface area contributed by atoms with Crippen molar-refractivity contribution < 1.29 is 14.3 Å². The highest BCUT2D eigenvalue weighted by atomic mass is 16.5. The third-order valence-electron chi connectivity index (χ3n) is 4.84. The smallest absolute Gasteiger partial charge is 0.271 e. The third-order valence-corrected chi connectivity index (χ3v) is 4.84. The molecule has 1 atom stereocenters. The number of amides is 1. The molecule has 2 aromatic carbocycles. The minimum Gasteiger partial charge on any atom is -0.497 e. The van der Waals surface area contributed by atoms with Gasteiger partial charge in [-0.2, -0.15) is 5.10 Å². The number of carbonyl (C=O) groups excluding carboxylic acids is 1. The minimum atomic E-state index is -0.194. The molecule has 1 aliphatic rings. The van der Waals surface area contributed by atoms with Crippen molar-refractivity contribution in [2.24, 2.45) is 0 Å². The second-order valence-electron chi connectivity index (χ2n) is 6.74. The van der Waals surface area contributed by atoms with E-state index in [9.17, 15) is 4.79 Å². The summed E-state index contributed by atoms with van der Waals surface area (Å²) in [6, 6.07) is 19.3. The van der Waals surface area contributed by atoms with E-state index in [2.05, 4.69) is 10.4 Å². The summed E-state index contributed by atoms with van der Waals surface area (Å²) in [5, 5.41) is 7.52. The molecule has 0 saturated carbocycles. The predicted octanol–water partition coefficient (Wildman–Crippen LogP) is 3.46. The van der Waals surface area contributed by atoms with Crippen molar-refractivity contribution in [2.45, 2.75) is 18.9 Å². The molecule has 0 spiro atoms. The second-order valence-corrected chi connectivity index (χ2v) is 6.74. The van der Waals surface area contributed by atoms with Gasteiger partial charge in [-0.15, -0.1) is 0 Å². The van der Waals surface area contributed by atoms with Gasteiger partial charge in [0.25, 0.3) is 5.91 Å². The van der Waals surface area contributed by atoms with Gasteiger partial charge in [-0.1, -0.05) is 30.3 Å². The minimum absolute atomic E-state index is 0.0983. The predicted molar refractivity (Wildman–Crippen MR) is 107 cm³/mol. The summed E-state index contributed by atoms with van der Waals surface area (Å²) in [4.78, 5) is 12.7. The third kappa shape index (κ3) is 3.92. The molecule has 1 saturated heterocycles. The van der Waals surface area contributed by atoms with Crippen LogP contribution in [0.4, 0.5) is 0 Å². The highest BCUT2D eigenvalue weighted by Gasteiger charge is 2.20. The first-order valence-electron chi connectivity index (χ1n) is 9.44. The van der Waals surface area contributed by atoms with E-state index in [0.717, 1.165) is 42.1 Å². The lowest BCUT2D eigenvalue weighted by Gasteiger charge is -2.09. The van der Waals surface area contributed by atoms with Gasteiger partial charge >= 0.3 is 0 Å². The highest BCUT2D eigenvalue weighted by molar-refractivity contribution is 5.93. The van der Waals surface area contributed by atoms with Gasteiger partial charge in [0.1, 0.15) is 5.75 Å². The number of carbonyl (C=O) groups is 1. The quantitative estimate of drug-likeness (QED) is 0.715. The number of nitrogens with one attached hydrogen (secondary N) is 1. The van der Waals surface area contributed by atoms with Crippen LogP contribution in [0.3, 0.4) is 0 Å². The van der Waals surface area contributed by atoms with Crippen LogP contribution in [0.2, 0.25) is 0 Å².